The first-order valence-electron chi connectivity index (χ1n) is 4.36. The zero-order chi connectivity index (χ0) is 10.1. The molecule has 0 aromatic carbocycles. The summed E-state index contributed by atoms with van der Waals surface area (Å²) in [5.74, 6) is 0. The summed E-state index contributed by atoms with van der Waals surface area (Å²) in [5, 5.41) is 2.65. The Hall–Kier alpha value is -0.870. The third-order valence-corrected chi connectivity index (χ3v) is 1.68. The zero-order valence-corrected chi connectivity index (χ0v) is 8.03. The number of allylic oxidation sites excluding steroid dienone is 1. The molecule has 1 rings (SSSR count). The van der Waals surface area contributed by atoms with E-state index in [-0.39, 0.29) is 12.1 Å². The highest BCUT2D eigenvalue weighted by atomic mass is 16.5. The van der Waals surface area contributed by atoms with Crippen molar-refractivity contribution < 1.29 is 9.53 Å². The summed E-state index contributed by atoms with van der Waals surface area (Å²) in [6, 6.07) is 0.0604. The van der Waals surface area contributed by atoms with Crippen molar-refractivity contribution >= 4 is 6.41 Å². The third kappa shape index (κ3) is 5.38. The molecule has 4 heteroatoms. The van der Waals surface area contributed by atoms with Crippen LogP contribution in [0.1, 0.15) is 13.3 Å². The van der Waals surface area contributed by atoms with Crippen molar-refractivity contribution in [2.24, 2.45) is 5.73 Å². The van der Waals surface area contributed by atoms with E-state index >= 15 is 0 Å². The second-order valence-electron chi connectivity index (χ2n) is 2.83. The van der Waals surface area contributed by atoms with Crippen LogP contribution in [0.5, 0.6) is 0 Å². The maximum atomic E-state index is 10.0. The number of rotatable bonds is 2. The SMILES string of the molecule is C=CC.NC1COCCC1NC=O. The van der Waals surface area contributed by atoms with Gasteiger partial charge in [-0.25, -0.2) is 0 Å². The van der Waals surface area contributed by atoms with E-state index in [1.54, 1.807) is 6.08 Å². The van der Waals surface area contributed by atoms with Crippen LogP contribution in [0, 0.1) is 0 Å². The fraction of sp³-hybridized carbons (Fsp3) is 0.667. The average molecular weight is 186 g/mol. The summed E-state index contributed by atoms with van der Waals surface area (Å²) in [6.45, 7) is 6.49. The molecule has 1 heterocycles. The highest BCUT2D eigenvalue weighted by Gasteiger charge is 2.20. The number of carbonyl (C=O) groups is 1. The molecule has 0 saturated carbocycles. The number of hydrogen-bond donors (Lipinski definition) is 2. The summed E-state index contributed by atoms with van der Waals surface area (Å²) in [6.07, 6.45) is 3.26. The van der Waals surface area contributed by atoms with Crippen LogP contribution in [0.4, 0.5) is 0 Å². The molecule has 0 spiro atoms. The van der Waals surface area contributed by atoms with Crippen LogP contribution in [-0.4, -0.2) is 31.7 Å². The van der Waals surface area contributed by atoms with Gasteiger partial charge in [0.1, 0.15) is 0 Å². The summed E-state index contributed by atoms with van der Waals surface area (Å²) in [4.78, 5) is 10.0. The predicted octanol–water partition coefficient (Wildman–Crippen LogP) is 0.0409. The minimum Gasteiger partial charge on any atom is -0.380 e. The Kier molecular flexibility index (Phi) is 7.24. The Labute approximate surface area is 79.1 Å². The monoisotopic (exact) mass is 186 g/mol. The lowest BCUT2D eigenvalue weighted by atomic mass is 10.1. The van der Waals surface area contributed by atoms with Gasteiger partial charge in [0.15, 0.2) is 0 Å². The maximum Gasteiger partial charge on any atom is 0.207 e. The predicted molar refractivity (Wildman–Crippen MR) is 52.3 cm³/mol. The zero-order valence-electron chi connectivity index (χ0n) is 8.03. The van der Waals surface area contributed by atoms with Crippen LogP contribution < -0.4 is 11.1 Å². The first kappa shape index (κ1) is 12.1. The molecule has 2 atom stereocenters. The van der Waals surface area contributed by atoms with Crippen molar-refractivity contribution in [2.75, 3.05) is 13.2 Å². The minimum absolute atomic E-state index is 0.0426. The Morgan fingerprint density at radius 3 is 2.77 bits per heavy atom. The molecule has 0 aromatic rings. The molecule has 1 amide bonds. The lowest BCUT2D eigenvalue weighted by molar-refractivity contribution is -0.110. The summed E-state index contributed by atoms with van der Waals surface area (Å²) in [7, 11) is 0. The molecule has 0 bridgehead atoms. The van der Waals surface area contributed by atoms with Gasteiger partial charge in [-0.2, -0.15) is 0 Å². The number of nitrogens with two attached hydrogens (primary N) is 1. The van der Waals surface area contributed by atoms with Crippen LogP contribution in [0.25, 0.3) is 0 Å². The average Bonchev–Trinajstić information content (AvgIpc) is 2.11. The molecular formula is C9H18N2O2. The van der Waals surface area contributed by atoms with Crippen molar-refractivity contribution in [3.05, 3.63) is 12.7 Å². The molecule has 0 aromatic heterocycles. The number of carbonyl (C=O) groups excluding carboxylic acids is 1. The van der Waals surface area contributed by atoms with Gasteiger partial charge in [0.25, 0.3) is 0 Å². The van der Waals surface area contributed by atoms with Gasteiger partial charge in [0.05, 0.1) is 6.61 Å². The Morgan fingerprint density at radius 2 is 2.31 bits per heavy atom. The lowest BCUT2D eigenvalue weighted by Crippen LogP contribution is -2.50. The van der Waals surface area contributed by atoms with Gasteiger partial charge in [0, 0.05) is 18.7 Å². The third-order valence-electron chi connectivity index (χ3n) is 1.68. The molecule has 3 N–H and O–H groups in total. The van der Waals surface area contributed by atoms with Crippen molar-refractivity contribution in [2.45, 2.75) is 25.4 Å². The van der Waals surface area contributed by atoms with E-state index in [9.17, 15) is 4.79 Å². The van der Waals surface area contributed by atoms with Crippen LogP contribution >= 0.6 is 0 Å². The van der Waals surface area contributed by atoms with Crippen molar-refractivity contribution in [1.29, 1.82) is 0 Å². The van der Waals surface area contributed by atoms with E-state index in [1.165, 1.54) is 0 Å². The maximum absolute atomic E-state index is 10.0. The van der Waals surface area contributed by atoms with Gasteiger partial charge in [-0.15, -0.1) is 6.58 Å². The van der Waals surface area contributed by atoms with Crippen LogP contribution in [-0.2, 0) is 9.53 Å². The van der Waals surface area contributed by atoms with Crippen molar-refractivity contribution in [3.63, 3.8) is 0 Å². The minimum atomic E-state index is -0.0426. The van der Waals surface area contributed by atoms with Gasteiger partial charge in [-0.05, 0) is 13.3 Å². The molecule has 0 aliphatic carbocycles. The highest BCUT2D eigenvalue weighted by Crippen LogP contribution is 2.03. The van der Waals surface area contributed by atoms with Gasteiger partial charge >= 0.3 is 0 Å². The Morgan fingerprint density at radius 1 is 1.69 bits per heavy atom. The molecule has 76 valence electrons. The van der Waals surface area contributed by atoms with E-state index in [4.69, 9.17) is 10.5 Å². The molecule has 13 heavy (non-hydrogen) atoms. The lowest BCUT2D eigenvalue weighted by Gasteiger charge is -2.27. The fourth-order valence-electron chi connectivity index (χ4n) is 1.05. The fourth-order valence-corrected chi connectivity index (χ4v) is 1.05. The number of hydrogen-bond acceptors (Lipinski definition) is 3. The second kappa shape index (κ2) is 7.76. The normalized spacial score (nSPS) is 26.6. The summed E-state index contributed by atoms with van der Waals surface area (Å²) < 4.78 is 5.08. The highest BCUT2D eigenvalue weighted by molar-refractivity contribution is 5.46. The first-order valence-corrected chi connectivity index (χ1v) is 4.36. The van der Waals surface area contributed by atoms with E-state index in [1.807, 2.05) is 6.92 Å². The number of ether oxygens (including phenoxy) is 1. The molecule has 1 fully saturated rings. The van der Waals surface area contributed by atoms with Gasteiger partial charge in [-0.1, -0.05) is 6.08 Å². The van der Waals surface area contributed by atoms with Gasteiger partial charge in [0.2, 0.25) is 6.41 Å². The van der Waals surface area contributed by atoms with E-state index in [2.05, 4.69) is 11.9 Å². The second-order valence-corrected chi connectivity index (χ2v) is 2.83. The molecule has 1 aliphatic rings. The summed E-state index contributed by atoms with van der Waals surface area (Å²) in [5.41, 5.74) is 5.62. The molecule has 1 aliphatic heterocycles. The molecular weight excluding hydrogens is 168 g/mol. The van der Waals surface area contributed by atoms with E-state index in [0.29, 0.717) is 19.6 Å². The molecule has 4 nitrogen and oxygen atoms in total. The van der Waals surface area contributed by atoms with Gasteiger partial charge in [-0.3, -0.25) is 4.79 Å². The first-order chi connectivity index (χ1) is 6.26. The molecule has 0 radical (unpaired) electrons. The van der Waals surface area contributed by atoms with Crippen molar-refractivity contribution in [3.8, 4) is 0 Å². The van der Waals surface area contributed by atoms with Crippen LogP contribution in [0.2, 0.25) is 0 Å². The quantitative estimate of drug-likeness (QED) is 0.473. The molecule has 2 unspecified atom stereocenters. The molecule has 1 saturated heterocycles. The van der Waals surface area contributed by atoms with Crippen LogP contribution in [0.3, 0.4) is 0 Å². The van der Waals surface area contributed by atoms with E-state index in [0.717, 1.165) is 6.42 Å². The standard InChI is InChI=1S/C6H12N2O2.C3H6/c7-5-3-10-2-1-6(5)8-4-9;1-3-2/h4-6H,1-3,7H2,(H,8,9);3H,1H2,2H3. The van der Waals surface area contributed by atoms with Crippen molar-refractivity contribution in [1.82, 2.24) is 5.32 Å². The smallest absolute Gasteiger partial charge is 0.207 e. The van der Waals surface area contributed by atoms with Crippen LogP contribution in [0.15, 0.2) is 12.7 Å². The Bertz CT molecular complexity index is 151. The van der Waals surface area contributed by atoms with Gasteiger partial charge < -0.3 is 15.8 Å². The topological polar surface area (TPSA) is 64.3 Å². The Balaban J connectivity index is 0.000000424. The van der Waals surface area contributed by atoms with E-state index < -0.39 is 0 Å². The summed E-state index contributed by atoms with van der Waals surface area (Å²) >= 11 is 0. The number of amides is 1. The largest absolute Gasteiger partial charge is 0.380 e. The number of nitrogens with one attached hydrogen (secondary N) is 1.